The fraction of sp³-hybridized carbons (Fsp3) is 0.375. The normalized spacial score (nSPS) is 12.6. The Balaban J connectivity index is 2.02. The zero-order chi connectivity index (χ0) is 14.4. The smallest absolute Gasteiger partial charge is 0.0408 e. The van der Waals surface area contributed by atoms with E-state index in [0.29, 0.717) is 6.04 Å². The average Bonchev–Trinajstić information content (AvgIpc) is 2.81. The van der Waals surface area contributed by atoms with E-state index in [-0.39, 0.29) is 0 Å². The largest absolute Gasteiger partial charge is 0.313 e. The van der Waals surface area contributed by atoms with Crippen LogP contribution in [0.1, 0.15) is 23.8 Å². The molecule has 0 amide bonds. The van der Waals surface area contributed by atoms with Crippen LogP contribution >= 0.6 is 38.9 Å². The maximum absolute atomic E-state index is 6.07. The van der Waals surface area contributed by atoms with Crippen molar-refractivity contribution in [2.24, 2.45) is 0 Å². The van der Waals surface area contributed by atoms with Gasteiger partial charge in [0.15, 0.2) is 0 Å². The van der Waals surface area contributed by atoms with Gasteiger partial charge in [-0.3, -0.25) is 0 Å². The van der Waals surface area contributed by atoms with Crippen molar-refractivity contribution in [3.05, 3.63) is 55.6 Å². The van der Waals surface area contributed by atoms with E-state index >= 15 is 0 Å². The first kappa shape index (κ1) is 16.0. The number of hydrogen-bond acceptors (Lipinski definition) is 2. The second-order valence-electron chi connectivity index (χ2n) is 4.92. The van der Waals surface area contributed by atoms with Gasteiger partial charge in [-0.15, -0.1) is 11.3 Å². The van der Waals surface area contributed by atoms with Gasteiger partial charge in [-0.2, -0.15) is 0 Å². The van der Waals surface area contributed by atoms with E-state index in [4.69, 9.17) is 11.6 Å². The molecule has 1 atom stereocenters. The third kappa shape index (κ3) is 5.21. The third-order valence-corrected chi connectivity index (χ3v) is 5.08. The minimum atomic E-state index is 0.457. The van der Waals surface area contributed by atoms with Gasteiger partial charge in [0, 0.05) is 25.8 Å². The Morgan fingerprint density at radius 3 is 2.80 bits per heavy atom. The van der Waals surface area contributed by atoms with Gasteiger partial charge in [0.25, 0.3) is 0 Å². The van der Waals surface area contributed by atoms with Crippen LogP contribution < -0.4 is 5.32 Å². The summed E-state index contributed by atoms with van der Waals surface area (Å²) in [6.07, 6.45) is 3.22. The Hall–Kier alpha value is -0.350. The highest BCUT2D eigenvalue weighted by Crippen LogP contribution is 2.22. The number of thiophene rings is 1. The summed E-state index contributed by atoms with van der Waals surface area (Å²) < 4.78 is 1.18. The number of benzene rings is 1. The molecule has 0 aliphatic rings. The molecule has 108 valence electrons. The van der Waals surface area contributed by atoms with Gasteiger partial charge in [-0.05, 0) is 65.5 Å². The molecule has 0 fully saturated rings. The first-order valence-electron chi connectivity index (χ1n) is 6.88. The summed E-state index contributed by atoms with van der Waals surface area (Å²) >= 11 is 11.4. The summed E-state index contributed by atoms with van der Waals surface area (Å²) in [4.78, 5) is 1.41. The highest BCUT2D eigenvalue weighted by atomic mass is 79.9. The van der Waals surface area contributed by atoms with Crippen LogP contribution in [0, 0.1) is 0 Å². The zero-order valence-corrected chi connectivity index (χ0v) is 14.7. The van der Waals surface area contributed by atoms with Crippen molar-refractivity contribution in [2.75, 3.05) is 6.54 Å². The van der Waals surface area contributed by atoms with Crippen molar-refractivity contribution < 1.29 is 0 Å². The average molecular weight is 373 g/mol. The second-order valence-corrected chi connectivity index (χ2v) is 7.27. The van der Waals surface area contributed by atoms with Crippen LogP contribution in [0.2, 0.25) is 5.02 Å². The van der Waals surface area contributed by atoms with E-state index in [2.05, 4.69) is 51.7 Å². The van der Waals surface area contributed by atoms with Crippen molar-refractivity contribution in [2.45, 2.75) is 32.2 Å². The maximum atomic E-state index is 6.07. The lowest BCUT2D eigenvalue weighted by Crippen LogP contribution is -2.33. The van der Waals surface area contributed by atoms with Crippen LogP contribution in [0.15, 0.2) is 40.2 Å². The van der Waals surface area contributed by atoms with Crippen LogP contribution in [0.5, 0.6) is 0 Å². The molecule has 1 aromatic carbocycles. The second kappa shape index (κ2) is 8.18. The van der Waals surface area contributed by atoms with Crippen LogP contribution in [0.3, 0.4) is 0 Å². The summed E-state index contributed by atoms with van der Waals surface area (Å²) in [5, 5.41) is 6.60. The highest BCUT2D eigenvalue weighted by molar-refractivity contribution is 9.10. The summed E-state index contributed by atoms with van der Waals surface area (Å²) in [5.41, 5.74) is 1.29. The van der Waals surface area contributed by atoms with Crippen LogP contribution in [-0.4, -0.2) is 12.6 Å². The topological polar surface area (TPSA) is 12.0 Å². The standard InChI is InChI=1S/C16H19BrClNS/c1-2-6-19-15(10-16-9-13(17)11-20-16)8-12-4-3-5-14(18)7-12/h3-5,7,9,11,15,19H,2,6,8,10H2,1H3. The van der Waals surface area contributed by atoms with Gasteiger partial charge in [0.1, 0.15) is 0 Å². The number of nitrogens with one attached hydrogen (secondary N) is 1. The summed E-state index contributed by atoms with van der Waals surface area (Å²) in [6, 6.07) is 10.8. The van der Waals surface area contributed by atoms with E-state index in [0.717, 1.165) is 30.8 Å². The number of halogens is 2. The molecule has 2 aromatic rings. The van der Waals surface area contributed by atoms with E-state index in [1.165, 1.54) is 14.9 Å². The molecule has 0 radical (unpaired) electrons. The SMILES string of the molecule is CCCNC(Cc1cccc(Cl)c1)Cc1cc(Br)cs1. The minimum Gasteiger partial charge on any atom is -0.313 e. The highest BCUT2D eigenvalue weighted by Gasteiger charge is 2.11. The van der Waals surface area contributed by atoms with Crippen LogP contribution in [0.4, 0.5) is 0 Å². The Bertz CT molecular complexity index is 541. The Morgan fingerprint density at radius 2 is 2.15 bits per heavy atom. The van der Waals surface area contributed by atoms with Crippen molar-refractivity contribution in [3.8, 4) is 0 Å². The molecule has 0 bridgehead atoms. The quantitative estimate of drug-likeness (QED) is 0.694. The molecular weight excluding hydrogens is 354 g/mol. The molecule has 1 unspecified atom stereocenters. The van der Waals surface area contributed by atoms with Gasteiger partial charge < -0.3 is 5.32 Å². The third-order valence-electron chi connectivity index (χ3n) is 3.12. The van der Waals surface area contributed by atoms with Gasteiger partial charge >= 0.3 is 0 Å². The predicted molar refractivity (Wildman–Crippen MR) is 93.0 cm³/mol. The minimum absolute atomic E-state index is 0.457. The van der Waals surface area contributed by atoms with Gasteiger partial charge in [-0.1, -0.05) is 30.7 Å². The summed E-state index contributed by atoms with van der Waals surface area (Å²) in [5.74, 6) is 0. The van der Waals surface area contributed by atoms with Crippen molar-refractivity contribution in [1.82, 2.24) is 5.32 Å². The summed E-state index contributed by atoms with van der Waals surface area (Å²) in [7, 11) is 0. The molecule has 0 aliphatic carbocycles. The monoisotopic (exact) mass is 371 g/mol. The van der Waals surface area contributed by atoms with E-state index in [1.54, 1.807) is 0 Å². The van der Waals surface area contributed by atoms with Gasteiger partial charge in [-0.25, -0.2) is 0 Å². The molecule has 0 saturated heterocycles. The Labute approximate surface area is 138 Å². The maximum Gasteiger partial charge on any atom is 0.0408 e. The lowest BCUT2D eigenvalue weighted by Gasteiger charge is -2.18. The molecule has 1 aromatic heterocycles. The molecule has 20 heavy (non-hydrogen) atoms. The lowest BCUT2D eigenvalue weighted by atomic mass is 10.0. The predicted octanol–water partition coefficient (Wildman–Crippen LogP) is 5.32. The van der Waals surface area contributed by atoms with Crippen LogP contribution in [-0.2, 0) is 12.8 Å². The van der Waals surface area contributed by atoms with E-state index in [1.807, 2.05) is 23.5 Å². The Kier molecular flexibility index (Phi) is 6.56. The van der Waals surface area contributed by atoms with Crippen molar-refractivity contribution in [3.63, 3.8) is 0 Å². The fourth-order valence-electron chi connectivity index (χ4n) is 2.22. The zero-order valence-electron chi connectivity index (χ0n) is 11.5. The molecule has 1 nitrogen and oxygen atoms in total. The molecule has 4 heteroatoms. The molecule has 0 spiro atoms. The lowest BCUT2D eigenvalue weighted by molar-refractivity contribution is 0.507. The van der Waals surface area contributed by atoms with E-state index < -0.39 is 0 Å². The molecule has 1 heterocycles. The molecule has 1 N–H and O–H groups in total. The number of hydrogen-bond donors (Lipinski definition) is 1. The number of rotatable bonds is 7. The van der Waals surface area contributed by atoms with Gasteiger partial charge in [0.05, 0.1) is 0 Å². The fourth-order valence-corrected chi connectivity index (χ4v) is 3.96. The first-order chi connectivity index (χ1) is 9.67. The van der Waals surface area contributed by atoms with Crippen molar-refractivity contribution >= 4 is 38.9 Å². The first-order valence-corrected chi connectivity index (χ1v) is 8.93. The molecule has 2 rings (SSSR count). The van der Waals surface area contributed by atoms with Crippen molar-refractivity contribution in [1.29, 1.82) is 0 Å². The van der Waals surface area contributed by atoms with E-state index in [9.17, 15) is 0 Å². The molecular formula is C16H19BrClNS. The molecule has 0 saturated carbocycles. The van der Waals surface area contributed by atoms with Gasteiger partial charge in [0.2, 0.25) is 0 Å². The Morgan fingerprint density at radius 1 is 1.30 bits per heavy atom. The summed E-state index contributed by atoms with van der Waals surface area (Å²) in [6.45, 7) is 3.25. The molecule has 0 aliphatic heterocycles. The van der Waals surface area contributed by atoms with Crippen LogP contribution in [0.25, 0.3) is 0 Å².